The van der Waals surface area contributed by atoms with Gasteiger partial charge in [-0.25, -0.2) is 8.42 Å². The first-order valence-electron chi connectivity index (χ1n) is 7.99. The van der Waals surface area contributed by atoms with Crippen molar-refractivity contribution >= 4 is 27.3 Å². The summed E-state index contributed by atoms with van der Waals surface area (Å²) in [4.78, 5) is 11.9. The highest BCUT2D eigenvalue weighted by atomic mass is 32.2. The van der Waals surface area contributed by atoms with Crippen molar-refractivity contribution in [1.29, 1.82) is 0 Å². The number of hydrogen-bond acceptors (Lipinski definition) is 6. The topological polar surface area (TPSA) is 103 Å². The van der Waals surface area contributed by atoms with Gasteiger partial charge in [0.15, 0.2) is 0 Å². The van der Waals surface area contributed by atoms with Crippen LogP contribution < -0.4 is 19.5 Å². The quantitative estimate of drug-likeness (QED) is 0.713. The molecule has 2 N–H and O–H groups in total. The molecule has 0 radical (unpaired) electrons. The van der Waals surface area contributed by atoms with E-state index in [4.69, 9.17) is 14.2 Å². The minimum atomic E-state index is -3.96. The van der Waals surface area contributed by atoms with Gasteiger partial charge in [0.1, 0.15) is 22.5 Å². The van der Waals surface area contributed by atoms with E-state index in [1.807, 2.05) is 0 Å². The lowest BCUT2D eigenvalue weighted by Crippen LogP contribution is -2.26. The fourth-order valence-electron chi connectivity index (χ4n) is 2.18. The van der Waals surface area contributed by atoms with E-state index < -0.39 is 22.0 Å². The average Bonchev–Trinajstić information content (AvgIpc) is 2.67. The Morgan fingerprint density at radius 3 is 2.15 bits per heavy atom. The van der Waals surface area contributed by atoms with Gasteiger partial charge in [-0.2, -0.15) is 0 Å². The number of carbonyl (C=O) groups excluding carboxylic acids is 1. The first kappa shape index (κ1) is 20.5. The van der Waals surface area contributed by atoms with Gasteiger partial charge in [0.2, 0.25) is 0 Å². The van der Waals surface area contributed by atoms with Crippen LogP contribution in [0.1, 0.15) is 6.92 Å². The third-order valence-corrected chi connectivity index (χ3v) is 5.19. The monoisotopic (exact) mass is 394 g/mol. The molecule has 0 heterocycles. The molecule has 0 fully saturated rings. The van der Waals surface area contributed by atoms with Crippen LogP contribution >= 0.6 is 0 Å². The summed E-state index contributed by atoms with van der Waals surface area (Å²) in [5.41, 5.74) is 0.667. The molecule has 27 heavy (non-hydrogen) atoms. The van der Waals surface area contributed by atoms with Crippen molar-refractivity contribution < 1.29 is 27.4 Å². The molecule has 2 aromatic carbocycles. The summed E-state index contributed by atoms with van der Waals surface area (Å²) in [5, 5.41) is 2.61. The van der Waals surface area contributed by atoms with E-state index in [9.17, 15) is 13.2 Å². The molecule has 0 aliphatic rings. The number of amides is 1. The number of benzene rings is 2. The highest BCUT2D eigenvalue weighted by Crippen LogP contribution is 2.29. The lowest BCUT2D eigenvalue weighted by Gasteiger charge is -2.15. The zero-order valence-corrected chi connectivity index (χ0v) is 16.3. The Hall–Kier alpha value is -2.78. The lowest BCUT2D eigenvalue weighted by atomic mass is 10.3. The van der Waals surface area contributed by atoms with Crippen LogP contribution in [0.15, 0.2) is 47.4 Å². The van der Waals surface area contributed by atoms with E-state index in [0.717, 1.165) is 0 Å². The molecular formula is C18H22N2O6S. The van der Waals surface area contributed by atoms with E-state index in [2.05, 4.69) is 10.0 Å². The summed E-state index contributed by atoms with van der Waals surface area (Å²) in [6, 6.07) is 10.8. The first-order chi connectivity index (χ1) is 12.8. The molecule has 2 rings (SSSR count). The number of sulfonamides is 1. The molecule has 146 valence electrons. The number of methoxy groups -OCH3 is 3. The molecule has 0 saturated heterocycles. The van der Waals surface area contributed by atoms with Crippen molar-refractivity contribution in [3.05, 3.63) is 42.5 Å². The van der Waals surface area contributed by atoms with Gasteiger partial charge in [-0.1, -0.05) is 0 Å². The lowest BCUT2D eigenvalue weighted by molar-refractivity contribution is -0.124. The van der Waals surface area contributed by atoms with Crippen molar-refractivity contribution in [2.75, 3.05) is 31.4 Å². The maximum atomic E-state index is 12.8. The van der Waals surface area contributed by atoms with Gasteiger partial charge in [-0.05, 0) is 49.4 Å². The molecule has 2 aromatic rings. The van der Waals surface area contributed by atoms with Crippen LogP contribution in [0.25, 0.3) is 0 Å². The highest BCUT2D eigenvalue weighted by Gasteiger charge is 2.21. The van der Waals surface area contributed by atoms with Crippen LogP contribution in [0, 0.1) is 0 Å². The van der Waals surface area contributed by atoms with E-state index in [0.29, 0.717) is 17.1 Å². The molecule has 0 saturated carbocycles. The number of rotatable bonds is 8. The summed E-state index contributed by atoms with van der Waals surface area (Å²) in [6.07, 6.45) is -0.676. The van der Waals surface area contributed by atoms with Crippen molar-refractivity contribution in [3.63, 3.8) is 0 Å². The molecule has 9 heteroatoms. The predicted octanol–water partition coefficient (Wildman–Crippen LogP) is 2.48. The van der Waals surface area contributed by atoms with Gasteiger partial charge in [0, 0.05) is 18.5 Å². The zero-order chi connectivity index (χ0) is 20.0. The zero-order valence-electron chi connectivity index (χ0n) is 15.5. The molecule has 0 aliphatic carbocycles. The molecule has 8 nitrogen and oxygen atoms in total. The van der Waals surface area contributed by atoms with Gasteiger partial charge >= 0.3 is 0 Å². The Morgan fingerprint density at radius 2 is 1.59 bits per heavy atom. The van der Waals surface area contributed by atoms with Crippen molar-refractivity contribution in [3.8, 4) is 11.5 Å². The number of anilines is 2. The molecule has 0 aliphatic heterocycles. The van der Waals surface area contributed by atoms with Crippen LogP contribution in [-0.2, 0) is 19.6 Å². The van der Waals surface area contributed by atoms with E-state index in [-0.39, 0.29) is 10.6 Å². The van der Waals surface area contributed by atoms with E-state index >= 15 is 0 Å². The van der Waals surface area contributed by atoms with Gasteiger partial charge < -0.3 is 19.5 Å². The van der Waals surface area contributed by atoms with Crippen molar-refractivity contribution in [2.45, 2.75) is 17.9 Å². The van der Waals surface area contributed by atoms with Crippen LogP contribution in [0.5, 0.6) is 11.5 Å². The van der Waals surface area contributed by atoms with Crippen LogP contribution in [0.2, 0.25) is 0 Å². The summed E-state index contributed by atoms with van der Waals surface area (Å²) >= 11 is 0. The fourth-order valence-corrected chi connectivity index (χ4v) is 3.44. The smallest absolute Gasteiger partial charge is 0.265 e. The number of nitrogens with one attached hydrogen (secondary N) is 2. The predicted molar refractivity (Wildman–Crippen MR) is 102 cm³/mol. The molecule has 0 aromatic heterocycles. The van der Waals surface area contributed by atoms with E-state index in [1.54, 1.807) is 37.3 Å². The second kappa shape index (κ2) is 8.74. The maximum Gasteiger partial charge on any atom is 0.265 e. The standard InChI is InChI=1S/C18H22N2O6S/c1-12(24-2)18(21)19-14-7-10-16(26-4)17(11-14)27(22,23)20-13-5-8-15(25-3)9-6-13/h5-12,20H,1-4H3,(H,19,21). The molecule has 0 spiro atoms. The van der Waals surface area contributed by atoms with Gasteiger partial charge in [0.25, 0.3) is 15.9 Å². The summed E-state index contributed by atoms with van der Waals surface area (Å²) < 4.78 is 43.2. The Kier molecular flexibility index (Phi) is 6.65. The molecule has 1 atom stereocenters. The van der Waals surface area contributed by atoms with Crippen LogP contribution in [0.4, 0.5) is 11.4 Å². The van der Waals surface area contributed by atoms with E-state index in [1.165, 1.54) is 33.5 Å². The number of ether oxygens (including phenoxy) is 3. The summed E-state index contributed by atoms with van der Waals surface area (Å²) in [6.45, 7) is 1.59. The summed E-state index contributed by atoms with van der Waals surface area (Å²) in [5.74, 6) is 0.357. The Morgan fingerprint density at radius 1 is 0.963 bits per heavy atom. The SMILES string of the molecule is COc1ccc(NS(=O)(=O)c2cc(NC(=O)C(C)OC)ccc2OC)cc1. The van der Waals surface area contributed by atoms with Gasteiger partial charge in [0.05, 0.1) is 14.2 Å². The Balaban J connectivity index is 2.32. The minimum absolute atomic E-state index is 0.108. The third-order valence-electron chi connectivity index (χ3n) is 3.79. The van der Waals surface area contributed by atoms with Gasteiger partial charge in [-0.3, -0.25) is 9.52 Å². The molecule has 0 bridgehead atoms. The van der Waals surface area contributed by atoms with Crippen molar-refractivity contribution in [1.82, 2.24) is 0 Å². The molecular weight excluding hydrogens is 372 g/mol. The average molecular weight is 394 g/mol. The Bertz CT molecular complexity index is 897. The number of carbonyl (C=O) groups is 1. The van der Waals surface area contributed by atoms with Crippen molar-refractivity contribution in [2.24, 2.45) is 0 Å². The summed E-state index contributed by atoms with van der Waals surface area (Å²) in [7, 11) is 0.342. The Labute approximate surface area is 158 Å². The molecule has 1 amide bonds. The second-order valence-electron chi connectivity index (χ2n) is 5.57. The normalized spacial score (nSPS) is 12.1. The number of hydrogen-bond donors (Lipinski definition) is 2. The van der Waals surface area contributed by atoms with Crippen LogP contribution in [-0.4, -0.2) is 41.8 Å². The fraction of sp³-hybridized carbons (Fsp3) is 0.278. The molecule has 1 unspecified atom stereocenters. The van der Waals surface area contributed by atoms with Crippen LogP contribution in [0.3, 0.4) is 0 Å². The maximum absolute atomic E-state index is 12.8. The van der Waals surface area contributed by atoms with Gasteiger partial charge in [-0.15, -0.1) is 0 Å². The third kappa shape index (κ3) is 5.11. The highest BCUT2D eigenvalue weighted by molar-refractivity contribution is 7.92. The second-order valence-corrected chi connectivity index (χ2v) is 7.22. The first-order valence-corrected chi connectivity index (χ1v) is 9.47. The minimum Gasteiger partial charge on any atom is -0.497 e. The largest absolute Gasteiger partial charge is 0.497 e.